The molecule has 2 saturated heterocycles. The molecule has 0 radical (unpaired) electrons. The van der Waals surface area contributed by atoms with Gasteiger partial charge >= 0.3 is 12.1 Å². The van der Waals surface area contributed by atoms with Gasteiger partial charge in [-0.25, -0.2) is 9.59 Å². The summed E-state index contributed by atoms with van der Waals surface area (Å²) < 4.78 is 11.2. The predicted octanol–water partition coefficient (Wildman–Crippen LogP) is 9.89. The van der Waals surface area contributed by atoms with Gasteiger partial charge in [0.05, 0.1) is 38.4 Å². The molecular formula is C55H68N6O4. The molecule has 5 aromatic rings. The lowest BCUT2D eigenvalue weighted by atomic mass is 9.68. The van der Waals surface area contributed by atoms with Crippen LogP contribution in [0, 0.1) is 0 Å². The number of methoxy groups -OCH3 is 2. The first-order valence-electron chi connectivity index (χ1n) is 23.3. The maximum atomic E-state index is 14.0. The van der Waals surface area contributed by atoms with Crippen molar-refractivity contribution < 1.29 is 19.1 Å². The molecule has 2 aliphatic carbocycles. The summed E-state index contributed by atoms with van der Waals surface area (Å²) in [6.45, 7) is 3.26. The van der Waals surface area contributed by atoms with Crippen LogP contribution in [0.25, 0.3) is 0 Å². The van der Waals surface area contributed by atoms with Gasteiger partial charge in [0, 0.05) is 41.8 Å². The van der Waals surface area contributed by atoms with Gasteiger partial charge in [0.25, 0.3) is 0 Å². The van der Waals surface area contributed by atoms with Crippen molar-refractivity contribution in [2.75, 3.05) is 55.5 Å². The number of amides is 4. The third kappa shape index (κ3) is 8.95. The van der Waals surface area contributed by atoms with Gasteiger partial charge in [-0.2, -0.15) is 0 Å². The largest absolute Gasteiger partial charge is 0.496 e. The van der Waals surface area contributed by atoms with Crippen molar-refractivity contribution in [3.63, 3.8) is 0 Å². The van der Waals surface area contributed by atoms with Crippen molar-refractivity contribution in [1.82, 2.24) is 29.8 Å². The zero-order valence-electron chi connectivity index (χ0n) is 39.3. The van der Waals surface area contributed by atoms with E-state index >= 15 is 0 Å². The molecule has 5 aromatic carbocycles. The Morgan fingerprint density at radius 2 is 0.923 bits per heavy atom. The Labute approximate surface area is 387 Å². The molecular weight excluding hydrogens is 809 g/mol. The number of nitrogens with one attached hydrogen (secondary N) is 1. The highest BCUT2D eigenvalue weighted by Gasteiger charge is 2.55. The normalized spacial score (nSPS) is 25.3. The summed E-state index contributed by atoms with van der Waals surface area (Å²) in [4.78, 5) is 37.7. The molecule has 2 spiro atoms. The van der Waals surface area contributed by atoms with Crippen LogP contribution in [0.4, 0.5) is 9.59 Å². The molecule has 9 rings (SSSR count). The van der Waals surface area contributed by atoms with Crippen molar-refractivity contribution >= 4 is 12.1 Å². The average molecular weight is 877 g/mol. The number of benzene rings is 5. The molecule has 4 aliphatic rings. The fraction of sp³-hybridized carbons (Fsp3) is 0.418. The quantitative estimate of drug-likeness (QED) is 0.135. The highest BCUT2D eigenvalue weighted by molar-refractivity contribution is 5.79. The molecule has 342 valence electrons. The van der Waals surface area contributed by atoms with Crippen molar-refractivity contribution in [2.24, 2.45) is 0 Å². The van der Waals surface area contributed by atoms with Gasteiger partial charge in [-0.05, 0) is 108 Å². The Balaban J connectivity index is 0.000000181. The van der Waals surface area contributed by atoms with Gasteiger partial charge in [0.2, 0.25) is 0 Å². The Morgan fingerprint density at radius 3 is 1.38 bits per heavy atom. The van der Waals surface area contributed by atoms with E-state index in [-0.39, 0.29) is 34.2 Å². The smallest absolute Gasteiger partial charge is 0.321 e. The molecule has 10 nitrogen and oxygen atoms in total. The number of carbonyl (C=O) groups excluding carboxylic acids is 2. The molecule has 4 amide bonds. The monoisotopic (exact) mass is 877 g/mol. The van der Waals surface area contributed by atoms with Gasteiger partial charge in [-0.15, -0.1) is 0 Å². The van der Waals surface area contributed by atoms with Crippen LogP contribution in [-0.4, -0.2) is 103 Å². The molecule has 0 aromatic heterocycles. The van der Waals surface area contributed by atoms with Crippen molar-refractivity contribution in [3.8, 4) is 11.5 Å². The van der Waals surface area contributed by atoms with E-state index in [0.717, 1.165) is 87.1 Å². The predicted molar refractivity (Wildman–Crippen MR) is 259 cm³/mol. The van der Waals surface area contributed by atoms with Crippen LogP contribution in [0.15, 0.2) is 140 Å². The van der Waals surface area contributed by atoms with Crippen molar-refractivity contribution in [1.29, 1.82) is 0 Å². The lowest BCUT2D eigenvalue weighted by molar-refractivity contribution is 0.0219. The summed E-state index contributed by atoms with van der Waals surface area (Å²) in [5.41, 5.74) is 5.70. The fourth-order valence-corrected chi connectivity index (χ4v) is 11.6. The van der Waals surface area contributed by atoms with Gasteiger partial charge in [0.15, 0.2) is 0 Å². The SMILES string of the molecule is COc1ccccc1CN1C(=O)N(Cc2ccccc2)CC12CCC(c1ccccc1)(N(C)C)CC2.COc1ccccc1CN1C(=O)NCC12CCC(c1ccccc1)(N(C)C)CC2. The molecule has 10 heteroatoms. The van der Waals surface area contributed by atoms with Crippen LogP contribution < -0.4 is 14.8 Å². The van der Waals surface area contributed by atoms with E-state index in [2.05, 4.69) is 143 Å². The highest BCUT2D eigenvalue weighted by atomic mass is 16.5. The van der Waals surface area contributed by atoms with Crippen molar-refractivity contribution in [2.45, 2.75) is 93.2 Å². The number of rotatable bonds is 12. The zero-order chi connectivity index (χ0) is 45.7. The fourth-order valence-electron chi connectivity index (χ4n) is 11.6. The molecule has 2 aliphatic heterocycles. The van der Waals surface area contributed by atoms with E-state index in [1.165, 1.54) is 16.7 Å². The highest BCUT2D eigenvalue weighted by Crippen LogP contribution is 2.51. The second kappa shape index (κ2) is 19.3. The zero-order valence-corrected chi connectivity index (χ0v) is 39.3. The summed E-state index contributed by atoms with van der Waals surface area (Å²) in [6.07, 6.45) is 7.97. The van der Waals surface area contributed by atoms with Crippen molar-refractivity contribution in [3.05, 3.63) is 167 Å². The molecule has 0 bridgehead atoms. The number of ether oxygens (including phenoxy) is 2. The van der Waals surface area contributed by atoms with Gasteiger partial charge < -0.3 is 29.5 Å². The minimum absolute atomic E-state index is 0.0154. The Kier molecular flexibility index (Phi) is 13.6. The first-order chi connectivity index (χ1) is 31.5. The van der Waals surface area contributed by atoms with E-state index in [9.17, 15) is 9.59 Å². The van der Waals surface area contributed by atoms with Gasteiger partial charge in [0.1, 0.15) is 11.5 Å². The lowest BCUT2D eigenvalue weighted by Gasteiger charge is -2.51. The third-order valence-corrected chi connectivity index (χ3v) is 15.6. The standard InChI is InChI=1S/C31H37N3O2.C24H31N3O2/c1-32(2)31(27-15-8-5-9-16-27)20-18-30(19-21-31)24-33(22-25-12-6-4-7-13-25)29(35)34(30)23-26-14-10-11-17-28(26)36-3;1-26(2)24(20-10-5-4-6-11-20)15-13-23(14-16-24)18-25-22(28)27(23)17-19-9-7-8-12-21(19)29-3/h4-17H,18-24H2,1-3H3;4-12H,13-18H2,1-3H3,(H,25,28). The second-order valence-corrected chi connectivity index (χ2v) is 19.1. The van der Waals surface area contributed by atoms with E-state index in [1.807, 2.05) is 54.6 Å². The van der Waals surface area contributed by atoms with Crippen LogP contribution in [-0.2, 0) is 30.7 Å². The first-order valence-corrected chi connectivity index (χ1v) is 23.3. The maximum Gasteiger partial charge on any atom is 0.321 e. The molecule has 2 heterocycles. The summed E-state index contributed by atoms with van der Waals surface area (Å²) in [5.74, 6) is 1.68. The number of carbonyl (C=O) groups is 2. The van der Waals surface area contributed by atoms with Crippen LogP contribution in [0.5, 0.6) is 11.5 Å². The summed E-state index contributed by atoms with van der Waals surface area (Å²) in [6, 6.07) is 48.2. The number of nitrogens with zero attached hydrogens (tertiary/aromatic N) is 5. The molecule has 0 atom stereocenters. The van der Waals surface area contributed by atoms with Gasteiger partial charge in [-0.1, -0.05) is 127 Å². The Bertz CT molecular complexity index is 2360. The topological polar surface area (TPSA) is 80.8 Å². The molecule has 4 fully saturated rings. The minimum Gasteiger partial charge on any atom is -0.496 e. The Morgan fingerprint density at radius 1 is 0.508 bits per heavy atom. The lowest BCUT2D eigenvalue weighted by Crippen LogP contribution is -2.55. The summed E-state index contributed by atoms with van der Waals surface area (Å²) in [5, 5.41) is 3.12. The molecule has 2 saturated carbocycles. The van der Waals surface area contributed by atoms with E-state index in [4.69, 9.17) is 9.47 Å². The van der Waals surface area contributed by atoms with Crippen LogP contribution in [0.3, 0.4) is 0 Å². The number of para-hydroxylation sites is 2. The average Bonchev–Trinajstić information content (AvgIpc) is 3.77. The molecule has 1 N–H and O–H groups in total. The molecule has 65 heavy (non-hydrogen) atoms. The van der Waals surface area contributed by atoms with E-state index in [0.29, 0.717) is 19.6 Å². The number of hydrogen-bond acceptors (Lipinski definition) is 6. The number of urea groups is 2. The first kappa shape index (κ1) is 45.7. The van der Waals surface area contributed by atoms with E-state index < -0.39 is 0 Å². The minimum atomic E-state index is -0.193. The third-order valence-electron chi connectivity index (χ3n) is 15.6. The van der Waals surface area contributed by atoms with E-state index in [1.54, 1.807) is 14.2 Å². The van der Waals surface area contributed by atoms with Crippen LogP contribution in [0.1, 0.15) is 79.2 Å². The second-order valence-electron chi connectivity index (χ2n) is 19.1. The molecule has 0 unspecified atom stereocenters. The summed E-state index contributed by atoms with van der Waals surface area (Å²) >= 11 is 0. The summed E-state index contributed by atoms with van der Waals surface area (Å²) in [7, 11) is 12.1. The van der Waals surface area contributed by atoms with Crippen LogP contribution >= 0.6 is 0 Å². The van der Waals surface area contributed by atoms with Gasteiger partial charge in [-0.3, -0.25) is 9.80 Å². The maximum absolute atomic E-state index is 14.0. The Hall–Kier alpha value is -5.84. The van der Waals surface area contributed by atoms with Crippen LogP contribution in [0.2, 0.25) is 0 Å². The number of hydrogen-bond donors (Lipinski definition) is 1.